The van der Waals surface area contributed by atoms with Gasteiger partial charge in [0.15, 0.2) is 0 Å². The number of aromatic nitrogens is 4. The first kappa shape index (κ1) is 17.1. The summed E-state index contributed by atoms with van der Waals surface area (Å²) in [6.45, 7) is 2.37. The molecule has 1 aliphatic heterocycles. The van der Waals surface area contributed by atoms with E-state index in [1.54, 1.807) is 17.7 Å². The Morgan fingerprint density at radius 3 is 2.73 bits per heavy atom. The molecule has 0 unspecified atom stereocenters. The molecule has 0 radical (unpaired) electrons. The molecular formula is C18H26N6O2. The van der Waals surface area contributed by atoms with E-state index in [4.69, 9.17) is 0 Å². The maximum Gasteiger partial charge on any atom is 0.332 e. The summed E-state index contributed by atoms with van der Waals surface area (Å²) in [6.07, 6.45) is 4.80. The van der Waals surface area contributed by atoms with Crippen LogP contribution in [0.5, 0.6) is 0 Å². The topological polar surface area (TPSA) is 87.9 Å². The van der Waals surface area contributed by atoms with Crippen molar-refractivity contribution in [1.82, 2.24) is 24.6 Å². The van der Waals surface area contributed by atoms with Gasteiger partial charge in [-0.1, -0.05) is 6.42 Å². The average molecular weight is 358 g/mol. The summed E-state index contributed by atoms with van der Waals surface area (Å²) in [5.41, 5.74) is 1.76. The lowest BCUT2D eigenvalue weighted by molar-refractivity contribution is 0.410. The summed E-state index contributed by atoms with van der Waals surface area (Å²) in [7, 11) is 3.22. The molecule has 3 heterocycles. The lowest BCUT2D eigenvalue weighted by Gasteiger charge is -2.22. The van der Waals surface area contributed by atoms with Gasteiger partial charge in [-0.15, -0.1) is 0 Å². The third-order valence-electron chi connectivity index (χ3n) is 5.77. The van der Waals surface area contributed by atoms with Crippen LogP contribution in [0.4, 0.5) is 5.82 Å². The molecule has 1 aliphatic carbocycles. The quantitative estimate of drug-likeness (QED) is 0.810. The Balaban J connectivity index is 1.37. The zero-order chi connectivity index (χ0) is 18.3. The van der Waals surface area contributed by atoms with Gasteiger partial charge in [-0.05, 0) is 25.3 Å². The maximum absolute atomic E-state index is 12.1. The zero-order valence-corrected chi connectivity index (χ0v) is 15.4. The van der Waals surface area contributed by atoms with Gasteiger partial charge >= 0.3 is 5.69 Å². The fourth-order valence-electron chi connectivity index (χ4n) is 3.80. The monoisotopic (exact) mass is 358 g/mol. The van der Waals surface area contributed by atoms with Gasteiger partial charge in [-0.2, -0.15) is 5.10 Å². The lowest BCUT2D eigenvalue weighted by atomic mass is 9.83. The van der Waals surface area contributed by atoms with Gasteiger partial charge in [-0.3, -0.25) is 19.0 Å². The lowest BCUT2D eigenvalue weighted by Crippen LogP contribution is -2.40. The van der Waals surface area contributed by atoms with E-state index in [-0.39, 0.29) is 11.2 Å². The first-order valence-corrected chi connectivity index (χ1v) is 9.32. The molecule has 0 spiro atoms. The molecule has 0 bridgehead atoms. The van der Waals surface area contributed by atoms with Crippen molar-refractivity contribution in [1.29, 1.82) is 0 Å². The van der Waals surface area contributed by atoms with Gasteiger partial charge in [0, 0.05) is 57.4 Å². The van der Waals surface area contributed by atoms with Gasteiger partial charge in [0.1, 0.15) is 5.82 Å². The van der Waals surface area contributed by atoms with Crippen LogP contribution >= 0.6 is 0 Å². The van der Waals surface area contributed by atoms with Crippen LogP contribution < -0.4 is 21.5 Å². The fraction of sp³-hybridized carbons (Fsp3) is 0.611. The van der Waals surface area contributed by atoms with Crippen molar-refractivity contribution in [3.05, 3.63) is 44.4 Å². The number of hydrogen-bond acceptors (Lipinski definition) is 5. The normalized spacial score (nSPS) is 20.5. The van der Waals surface area contributed by atoms with Crippen LogP contribution in [0.1, 0.15) is 43.0 Å². The molecule has 4 rings (SSSR count). The predicted molar refractivity (Wildman–Crippen MR) is 99.6 cm³/mol. The number of aromatic amines is 1. The van der Waals surface area contributed by atoms with E-state index in [1.165, 1.54) is 32.0 Å². The second-order valence-corrected chi connectivity index (χ2v) is 7.50. The Kier molecular flexibility index (Phi) is 4.44. The largest absolute Gasteiger partial charge is 0.356 e. The Morgan fingerprint density at radius 1 is 1.19 bits per heavy atom. The van der Waals surface area contributed by atoms with Gasteiger partial charge in [0.2, 0.25) is 0 Å². The van der Waals surface area contributed by atoms with Gasteiger partial charge in [0.05, 0.1) is 5.69 Å². The molecular weight excluding hydrogens is 332 g/mol. The smallest absolute Gasteiger partial charge is 0.332 e. The van der Waals surface area contributed by atoms with Crippen LogP contribution in [0.3, 0.4) is 0 Å². The third-order valence-corrected chi connectivity index (χ3v) is 5.77. The summed E-state index contributed by atoms with van der Waals surface area (Å²) in [4.78, 5) is 26.2. The zero-order valence-electron chi connectivity index (χ0n) is 15.4. The van der Waals surface area contributed by atoms with E-state index >= 15 is 0 Å². The Hall–Kier alpha value is -2.35. The molecule has 1 saturated heterocycles. The van der Waals surface area contributed by atoms with Crippen LogP contribution in [-0.4, -0.2) is 38.5 Å². The van der Waals surface area contributed by atoms with Crippen LogP contribution in [0, 0.1) is 0 Å². The summed E-state index contributed by atoms with van der Waals surface area (Å²) in [5, 5.41) is 11.1. The molecule has 8 heteroatoms. The Labute approximate surface area is 151 Å². The number of anilines is 1. The van der Waals surface area contributed by atoms with E-state index in [9.17, 15) is 9.59 Å². The highest BCUT2D eigenvalue weighted by atomic mass is 16.2. The van der Waals surface area contributed by atoms with E-state index in [2.05, 4.69) is 26.5 Å². The van der Waals surface area contributed by atoms with Crippen LogP contribution in [0.15, 0.2) is 21.7 Å². The van der Waals surface area contributed by atoms with E-state index < -0.39 is 0 Å². The SMILES string of the molecule is Cn1c(N2CC[C@H](NCc3cc(C4CCC4)n[nH]3)C2)cc(=O)n(C)c1=O. The first-order valence-electron chi connectivity index (χ1n) is 9.32. The summed E-state index contributed by atoms with van der Waals surface area (Å²) >= 11 is 0. The van der Waals surface area contributed by atoms with Crippen molar-refractivity contribution in [3.63, 3.8) is 0 Å². The number of hydrogen-bond donors (Lipinski definition) is 2. The highest BCUT2D eigenvalue weighted by Crippen LogP contribution is 2.35. The predicted octanol–water partition coefficient (Wildman–Crippen LogP) is 0.443. The standard InChI is InChI=1S/C18H26N6O2/c1-22-16(9-17(25)23(2)18(22)26)24-7-6-13(11-24)19-10-14-8-15(21-20-14)12-4-3-5-12/h8-9,12-13,19H,3-7,10-11H2,1-2H3,(H,20,21)/t13-/m0/s1. The second-order valence-electron chi connectivity index (χ2n) is 7.50. The first-order chi connectivity index (χ1) is 12.5. The average Bonchev–Trinajstić information content (AvgIpc) is 3.22. The molecule has 0 aromatic carbocycles. The number of H-pyrrole nitrogens is 1. The van der Waals surface area contributed by atoms with Crippen molar-refractivity contribution in [2.45, 2.75) is 44.2 Å². The fourth-order valence-corrected chi connectivity index (χ4v) is 3.80. The minimum absolute atomic E-state index is 0.263. The molecule has 1 atom stereocenters. The summed E-state index contributed by atoms with van der Waals surface area (Å²) < 4.78 is 2.68. The molecule has 140 valence electrons. The van der Waals surface area contributed by atoms with Crippen LogP contribution in [0.2, 0.25) is 0 Å². The highest BCUT2D eigenvalue weighted by Gasteiger charge is 2.25. The van der Waals surface area contributed by atoms with E-state index in [1.807, 2.05) is 0 Å². The molecule has 2 fully saturated rings. The van der Waals surface area contributed by atoms with Crippen molar-refractivity contribution in [2.75, 3.05) is 18.0 Å². The van der Waals surface area contributed by atoms with Crippen molar-refractivity contribution < 1.29 is 0 Å². The molecule has 2 aromatic rings. The number of nitrogens with one attached hydrogen (secondary N) is 2. The van der Waals surface area contributed by atoms with Gasteiger partial charge < -0.3 is 10.2 Å². The highest BCUT2D eigenvalue weighted by molar-refractivity contribution is 5.40. The second kappa shape index (κ2) is 6.75. The van der Waals surface area contributed by atoms with Gasteiger partial charge in [0.25, 0.3) is 5.56 Å². The Morgan fingerprint density at radius 2 is 2.00 bits per heavy atom. The summed E-state index contributed by atoms with van der Waals surface area (Å²) in [5.74, 6) is 1.33. The molecule has 26 heavy (non-hydrogen) atoms. The van der Waals surface area contributed by atoms with E-state index in [0.29, 0.717) is 17.8 Å². The molecule has 8 nitrogen and oxygen atoms in total. The molecule has 0 amide bonds. The van der Waals surface area contributed by atoms with Gasteiger partial charge in [-0.25, -0.2) is 4.79 Å². The molecule has 2 aliphatic rings. The Bertz CT molecular complexity index is 907. The number of nitrogens with zero attached hydrogens (tertiary/aromatic N) is 4. The van der Waals surface area contributed by atoms with E-state index in [0.717, 1.165) is 36.3 Å². The van der Waals surface area contributed by atoms with Crippen LogP contribution in [0.25, 0.3) is 0 Å². The van der Waals surface area contributed by atoms with Crippen molar-refractivity contribution in [3.8, 4) is 0 Å². The minimum atomic E-state index is -0.287. The molecule has 2 aromatic heterocycles. The molecule has 2 N–H and O–H groups in total. The van der Waals surface area contributed by atoms with Crippen molar-refractivity contribution in [2.24, 2.45) is 14.1 Å². The minimum Gasteiger partial charge on any atom is -0.356 e. The summed E-state index contributed by atoms with van der Waals surface area (Å²) in [6, 6.07) is 4.04. The number of rotatable bonds is 5. The molecule has 1 saturated carbocycles. The van der Waals surface area contributed by atoms with Crippen molar-refractivity contribution >= 4 is 5.82 Å². The van der Waals surface area contributed by atoms with Crippen LogP contribution in [-0.2, 0) is 20.6 Å². The third kappa shape index (κ3) is 3.09. The maximum atomic E-state index is 12.1.